The van der Waals surface area contributed by atoms with Gasteiger partial charge in [0.1, 0.15) is 0 Å². The Morgan fingerprint density at radius 2 is 1.77 bits per heavy atom. The predicted molar refractivity (Wildman–Crippen MR) is 133 cm³/mol. The summed E-state index contributed by atoms with van der Waals surface area (Å²) < 4.78 is 1.88. The normalized spacial score (nSPS) is 16.6. The van der Waals surface area contributed by atoms with Gasteiger partial charge in [-0.15, -0.1) is 0 Å². The zero-order valence-corrected chi connectivity index (χ0v) is 20.3. The number of hydrogen-bond donors (Lipinski definition) is 2. The summed E-state index contributed by atoms with van der Waals surface area (Å²) in [6, 6.07) is 9.63. The van der Waals surface area contributed by atoms with Crippen LogP contribution in [0.1, 0.15) is 80.6 Å². The van der Waals surface area contributed by atoms with Gasteiger partial charge in [0.05, 0.1) is 16.6 Å². The first kappa shape index (κ1) is 24.1. The Morgan fingerprint density at radius 1 is 1.06 bits per heavy atom. The quantitative estimate of drug-likeness (QED) is 0.549. The second-order valence-corrected chi connectivity index (χ2v) is 9.09. The van der Waals surface area contributed by atoms with Crippen LogP contribution in [0.5, 0.6) is 0 Å². The number of anilines is 1. The van der Waals surface area contributed by atoms with Gasteiger partial charge in [-0.05, 0) is 63.4 Å². The van der Waals surface area contributed by atoms with Gasteiger partial charge in [0.25, 0.3) is 17.7 Å². The van der Waals surface area contributed by atoms with E-state index < -0.39 is 5.91 Å². The minimum atomic E-state index is -0.423. The van der Waals surface area contributed by atoms with Crippen LogP contribution in [0.15, 0.2) is 36.4 Å². The molecule has 0 aliphatic carbocycles. The standard InChI is InChI=1S/C26H29N5O4/c1-15-8-5-6-11-27-23(33)17-9-7-10-18(12-17)24(34)29-26-28-21-14-19(16(2)32)13-20(22(21)31(15)26)25(35)30(3)4/h7,9-10,12-15H,5-6,8,11H2,1-4H3,(H,27,33)(H,28,29,34)/t15-/m1/s1. The van der Waals surface area contributed by atoms with Gasteiger partial charge in [0.15, 0.2) is 5.78 Å². The van der Waals surface area contributed by atoms with Gasteiger partial charge in [-0.1, -0.05) is 6.07 Å². The Hall–Kier alpha value is -4.01. The van der Waals surface area contributed by atoms with E-state index >= 15 is 0 Å². The summed E-state index contributed by atoms with van der Waals surface area (Å²) >= 11 is 0. The first-order valence-corrected chi connectivity index (χ1v) is 11.7. The monoisotopic (exact) mass is 475 g/mol. The second-order valence-electron chi connectivity index (χ2n) is 9.09. The minimum Gasteiger partial charge on any atom is -0.352 e. The first-order chi connectivity index (χ1) is 16.7. The van der Waals surface area contributed by atoms with Gasteiger partial charge in [0.2, 0.25) is 5.95 Å². The first-order valence-electron chi connectivity index (χ1n) is 11.7. The number of carbonyl (C=O) groups is 4. The van der Waals surface area contributed by atoms with E-state index in [1.54, 1.807) is 50.5 Å². The molecule has 1 aliphatic rings. The molecular weight excluding hydrogens is 446 g/mol. The van der Waals surface area contributed by atoms with Crippen LogP contribution in [0.4, 0.5) is 5.95 Å². The third-order valence-corrected chi connectivity index (χ3v) is 6.22. The number of rotatable bonds is 2. The fourth-order valence-electron chi connectivity index (χ4n) is 4.33. The molecule has 0 saturated carbocycles. The average molecular weight is 476 g/mol. The van der Waals surface area contributed by atoms with Crippen LogP contribution in [-0.2, 0) is 0 Å². The zero-order valence-electron chi connectivity index (χ0n) is 20.3. The SMILES string of the molecule is CC(=O)c1cc(C(=O)N(C)C)c2c(c1)nc1n2[C@H](C)CCCCNC(=O)c2cccc(c2)C(=O)N1. The van der Waals surface area contributed by atoms with Crippen molar-refractivity contribution in [3.63, 3.8) is 0 Å². The van der Waals surface area contributed by atoms with Crippen molar-refractivity contribution in [1.82, 2.24) is 19.8 Å². The second kappa shape index (κ2) is 9.69. The Balaban J connectivity index is 1.92. The Kier molecular flexibility index (Phi) is 6.68. The number of Topliss-reactive ketones (excluding diaryl/α,β-unsaturated/α-hetero) is 1. The van der Waals surface area contributed by atoms with E-state index in [-0.39, 0.29) is 29.6 Å². The van der Waals surface area contributed by atoms with Gasteiger partial charge in [-0.2, -0.15) is 0 Å². The lowest BCUT2D eigenvalue weighted by Crippen LogP contribution is -2.26. The molecule has 182 valence electrons. The van der Waals surface area contributed by atoms with E-state index in [9.17, 15) is 19.2 Å². The van der Waals surface area contributed by atoms with Crippen LogP contribution in [0.2, 0.25) is 0 Å². The molecule has 2 N–H and O–H groups in total. The molecule has 3 aromatic rings. The number of benzene rings is 2. The molecule has 1 aliphatic heterocycles. The molecule has 3 amide bonds. The Labute approximate surface area is 203 Å². The summed E-state index contributed by atoms with van der Waals surface area (Å²) in [5, 5.41) is 5.77. The highest BCUT2D eigenvalue weighted by Gasteiger charge is 2.25. The highest BCUT2D eigenvalue weighted by molar-refractivity contribution is 6.10. The number of carbonyl (C=O) groups excluding carboxylic acids is 4. The molecule has 0 saturated heterocycles. The van der Waals surface area contributed by atoms with Crippen molar-refractivity contribution in [1.29, 1.82) is 0 Å². The number of aromatic nitrogens is 2. The predicted octanol–water partition coefficient (Wildman–Crippen LogP) is 3.67. The van der Waals surface area contributed by atoms with Crippen molar-refractivity contribution in [3.05, 3.63) is 58.7 Å². The molecule has 1 aromatic heterocycles. The summed E-state index contributed by atoms with van der Waals surface area (Å²) in [6.07, 6.45) is 2.33. The van der Waals surface area contributed by atoms with Crippen LogP contribution >= 0.6 is 0 Å². The van der Waals surface area contributed by atoms with E-state index in [1.165, 1.54) is 11.8 Å². The third kappa shape index (κ3) is 4.80. The number of hydrogen-bond acceptors (Lipinski definition) is 5. The lowest BCUT2D eigenvalue weighted by atomic mass is 10.0. The molecule has 35 heavy (non-hydrogen) atoms. The molecule has 9 nitrogen and oxygen atoms in total. The number of ketones is 1. The molecule has 2 aromatic carbocycles. The van der Waals surface area contributed by atoms with Crippen molar-refractivity contribution < 1.29 is 19.2 Å². The van der Waals surface area contributed by atoms with Crippen LogP contribution in [-0.4, -0.2) is 58.6 Å². The molecule has 1 atom stereocenters. The highest BCUT2D eigenvalue weighted by atomic mass is 16.2. The van der Waals surface area contributed by atoms with Crippen molar-refractivity contribution in [2.24, 2.45) is 0 Å². The number of nitrogens with zero attached hydrogens (tertiary/aromatic N) is 3. The van der Waals surface area contributed by atoms with E-state index in [0.29, 0.717) is 39.8 Å². The molecule has 0 unspecified atom stereocenters. The molecular formula is C26H29N5O4. The van der Waals surface area contributed by atoms with E-state index in [4.69, 9.17) is 0 Å². The smallest absolute Gasteiger partial charge is 0.257 e. The van der Waals surface area contributed by atoms with E-state index in [2.05, 4.69) is 15.6 Å². The summed E-state index contributed by atoms with van der Waals surface area (Å²) in [6.45, 7) is 3.97. The van der Waals surface area contributed by atoms with Crippen molar-refractivity contribution in [2.45, 2.75) is 39.2 Å². The molecule has 2 heterocycles. The van der Waals surface area contributed by atoms with Gasteiger partial charge in [-0.25, -0.2) is 4.98 Å². The van der Waals surface area contributed by atoms with Crippen LogP contribution in [0.3, 0.4) is 0 Å². The fraction of sp³-hybridized carbons (Fsp3) is 0.346. The van der Waals surface area contributed by atoms with Crippen LogP contribution < -0.4 is 10.6 Å². The topological polar surface area (TPSA) is 113 Å². The lowest BCUT2D eigenvalue weighted by Gasteiger charge is -2.20. The maximum absolute atomic E-state index is 13.2. The molecule has 9 heteroatoms. The zero-order chi connectivity index (χ0) is 25.3. The molecule has 0 radical (unpaired) electrons. The van der Waals surface area contributed by atoms with Gasteiger partial charge in [0, 0.05) is 43.4 Å². The van der Waals surface area contributed by atoms with Crippen LogP contribution in [0.25, 0.3) is 11.0 Å². The Morgan fingerprint density at radius 3 is 2.46 bits per heavy atom. The highest BCUT2D eigenvalue weighted by Crippen LogP contribution is 2.32. The number of fused-ring (bicyclic) bond motifs is 5. The third-order valence-electron chi connectivity index (χ3n) is 6.22. The van der Waals surface area contributed by atoms with Gasteiger partial charge in [-0.3, -0.25) is 24.5 Å². The largest absolute Gasteiger partial charge is 0.352 e. The van der Waals surface area contributed by atoms with Crippen molar-refractivity contribution in [2.75, 3.05) is 26.0 Å². The molecule has 0 fully saturated rings. The number of nitrogens with one attached hydrogen (secondary N) is 2. The van der Waals surface area contributed by atoms with Crippen molar-refractivity contribution >= 4 is 40.5 Å². The number of imidazole rings is 1. The maximum atomic E-state index is 13.2. The van der Waals surface area contributed by atoms with Gasteiger partial charge < -0.3 is 14.8 Å². The summed E-state index contributed by atoms with van der Waals surface area (Å²) in [7, 11) is 3.31. The summed E-state index contributed by atoms with van der Waals surface area (Å²) in [4.78, 5) is 57.1. The minimum absolute atomic E-state index is 0.114. The summed E-state index contributed by atoms with van der Waals surface area (Å²) in [5.41, 5.74) is 2.48. The molecule has 2 bridgehead atoms. The lowest BCUT2D eigenvalue weighted by molar-refractivity contribution is 0.0828. The van der Waals surface area contributed by atoms with Crippen molar-refractivity contribution in [3.8, 4) is 0 Å². The van der Waals surface area contributed by atoms with E-state index in [0.717, 1.165) is 19.3 Å². The maximum Gasteiger partial charge on any atom is 0.257 e. The Bertz CT molecular complexity index is 1340. The fourth-order valence-corrected chi connectivity index (χ4v) is 4.33. The number of amides is 3. The molecule has 0 spiro atoms. The molecule has 4 rings (SSSR count). The average Bonchev–Trinajstić information content (AvgIpc) is 3.19. The van der Waals surface area contributed by atoms with Crippen LogP contribution in [0, 0.1) is 0 Å². The van der Waals surface area contributed by atoms with Gasteiger partial charge >= 0.3 is 0 Å². The summed E-state index contributed by atoms with van der Waals surface area (Å²) in [5.74, 6) is -0.791. The van der Waals surface area contributed by atoms with E-state index in [1.807, 2.05) is 11.5 Å².